The monoisotopic (exact) mass is 302 g/mol. The normalized spacial score (nSPS) is 10.7. The fraction of sp³-hybridized carbons (Fsp3) is 0.267. The van der Waals surface area contributed by atoms with Gasteiger partial charge < -0.3 is 10.2 Å². The highest BCUT2D eigenvalue weighted by Gasteiger charge is 2.06. The molecule has 7 heteroatoms. The summed E-state index contributed by atoms with van der Waals surface area (Å²) in [5.41, 5.74) is 8.37. The quantitative estimate of drug-likeness (QED) is 0.530. The molecule has 0 aliphatic carbocycles. The van der Waals surface area contributed by atoms with Crippen molar-refractivity contribution in [1.82, 2.24) is 5.43 Å². The molecule has 0 bridgehead atoms. The third-order valence-corrected chi connectivity index (χ3v) is 2.59. The first-order valence-corrected chi connectivity index (χ1v) is 6.68. The van der Waals surface area contributed by atoms with Crippen LogP contribution in [0.5, 0.6) is 0 Å². The van der Waals surface area contributed by atoms with E-state index < -0.39 is 0 Å². The molecule has 0 spiro atoms. The average molecular weight is 302 g/mol. The lowest BCUT2D eigenvalue weighted by atomic mass is 10.2. The predicted octanol–water partition coefficient (Wildman–Crippen LogP) is 1.87. The van der Waals surface area contributed by atoms with Crippen LogP contribution < -0.4 is 21.1 Å². The number of nitrogens with one attached hydrogen (secondary N) is 3. The van der Waals surface area contributed by atoms with Crippen LogP contribution in [-0.2, 0) is 4.79 Å². The van der Waals surface area contributed by atoms with E-state index in [1.165, 1.54) is 13.1 Å². The van der Waals surface area contributed by atoms with E-state index >= 15 is 0 Å². The molecule has 7 nitrogen and oxygen atoms in total. The summed E-state index contributed by atoms with van der Waals surface area (Å²) in [7, 11) is 5.53. The molecule has 1 amide bonds. The Balaban J connectivity index is 2.85. The second kappa shape index (κ2) is 8.46. The van der Waals surface area contributed by atoms with Gasteiger partial charge in [0.05, 0.1) is 11.4 Å². The highest BCUT2D eigenvalue weighted by Crippen LogP contribution is 2.27. The number of carbonyl (C=O) groups is 1. The molecule has 0 saturated heterocycles. The second-order valence-electron chi connectivity index (χ2n) is 4.69. The van der Waals surface area contributed by atoms with Gasteiger partial charge in [-0.25, -0.2) is 4.99 Å². The minimum Gasteiger partial charge on any atom is -0.376 e. The average Bonchev–Trinajstić information content (AvgIpc) is 2.44. The van der Waals surface area contributed by atoms with Gasteiger partial charge in [-0.3, -0.25) is 20.6 Å². The Morgan fingerprint density at radius 2 is 2.05 bits per heavy atom. The first kappa shape index (κ1) is 17.2. The molecule has 0 radical (unpaired) electrons. The Labute approximate surface area is 130 Å². The Bertz CT molecular complexity index is 592. The van der Waals surface area contributed by atoms with Crippen LogP contribution in [0.15, 0.2) is 40.6 Å². The minimum atomic E-state index is -0.121. The van der Waals surface area contributed by atoms with Crippen LogP contribution in [-0.4, -0.2) is 39.5 Å². The number of hydrogen-bond acceptors (Lipinski definition) is 6. The largest absolute Gasteiger partial charge is 0.376 e. The van der Waals surface area contributed by atoms with Crippen molar-refractivity contribution in [3.63, 3.8) is 0 Å². The van der Waals surface area contributed by atoms with E-state index in [1.807, 2.05) is 37.2 Å². The van der Waals surface area contributed by atoms with Crippen molar-refractivity contribution in [2.45, 2.75) is 6.92 Å². The lowest BCUT2D eigenvalue weighted by Crippen LogP contribution is -2.22. The van der Waals surface area contributed by atoms with Crippen LogP contribution in [0.2, 0.25) is 0 Å². The van der Waals surface area contributed by atoms with Crippen molar-refractivity contribution in [2.24, 2.45) is 9.98 Å². The van der Waals surface area contributed by atoms with Crippen molar-refractivity contribution in [3.05, 3.63) is 30.6 Å². The van der Waals surface area contributed by atoms with E-state index in [0.29, 0.717) is 11.5 Å². The number of benzene rings is 1. The molecular formula is C15H22N6O. The molecule has 0 aromatic heterocycles. The Morgan fingerprint density at radius 3 is 2.64 bits per heavy atom. The molecule has 0 atom stereocenters. The van der Waals surface area contributed by atoms with Gasteiger partial charge in [-0.1, -0.05) is 6.58 Å². The zero-order valence-electron chi connectivity index (χ0n) is 13.3. The Hall–Kier alpha value is -2.83. The summed E-state index contributed by atoms with van der Waals surface area (Å²) in [6.07, 6.45) is 3.10. The van der Waals surface area contributed by atoms with E-state index in [0.717, 1.165) is 11.4 Å². The number of hydrazine groups is 1. The van der Waals surface area contributed by atoms with E-state index in [1.54, 1.807) is 13.3 Å². The summed E-state index contributed by atoms with van der Waals surface area (Å²) in [6.45, 7) is 5.24. The molecule has 1 aromatic carbocycles. The maximum absolute atomic E-state index is 11.2. The summed E-state index contributed by atoms with van der Waals surface area (Å²) in [5, 5.41) is 2.75. The highest BCUT2D eigenvalue weighted by atomic mass is 16.1. The first-order chi connectivity index (χ1) is 10.4. The Kier molecular flexibility index (Phi) is 6.62. The summed E-state index contributed by atoms with van der Waals surface area (Å²) >= 11 is 0. The van der Waals surface area contributed by atoms with Gasteiger partial charge in [0.15, 0.2) is 0 Å². The van der Waals surface area contributed by atoms with Gasteiger partial charge in [-0.2, -0.15) is 0 Å². The van der Waals surface area contributed by atoms with Crippen LogP contribution in [0.4, 0.5) is 17.1 Å². The molecule has 22 heavy (non-hydrogen) atoms. The second-order valence-corrected chi connectivity index (χ2v) is 4.69. The molecular weight excluding hydrogens is 280 g/mol. The summed E-state index contributed by atoms with van der Waals surface area (Å²) in [5.74, 6) is 0.318. The van der Waals surface area contributed by atoms with E-state index in [-0.39, 0.29) is 5.91 Å². The molecule has 0 unspecified atom stereocenters. The van der Waals surface area contributed by atoms with Gasteiger partial charge in [0.25, 0.3) is 0 Å². The SMILES string of the molecule is C=C(N=CC=NC)NNc1cc(NC(C)=O)ccc1N(C)C. The van der Waals surface area contributed by atoms with Crippen LogP contribution in [0.25, 0.3) is 0 Å². The van der Waals surface area contributed by atoms with E-state index in [9.17, 15) is 4.79 Å². The van der Waals surface area contributed by atoms with Crippen molar-refractivity contribution in [3.8, 4) is 0 Å². The number of anilines is 3. The van der Waals surface area contributed by atoms with E-state index in [2.05, 4.69) is 32.7 Å². The van der Waals surface area contributed by atoms with Gasteiger partial charge in [-0.15, -0.1) is 0 Å². The number of rotatable bonds is 7. The number of nitrogens with zero attached hydrogens (tertiary/aromatic N) is 3. The number of amides is 1. The lowest BCUT2D eigenvalue weighted by Gasteiger charge is -2.20. The van der Waals surface area contributed by atoms with Crippen LogP contribution in [0.3, 0.4) is 0 Å². The third-order valence-electron chi connectivity index (χ3n) is 2.59. The fourth-order valence-electron chi connectivity index (χ4n) is 1.67. The summed E-state index contributed by atoms with van der Waals surface area (Å²) < 4.78 is 0. The van der Waals surface area contributed by atoms with Gasteiger partial charge >= 0.3 is 0 Å². The highest BCUT2D eigenvalue weighted by molar-refractivity contribution is 6.16. The predicted molar refractivity (Wildman–Crippen MR) is 93.9 cm³/mol. The topological polar surface area (TPSA) is 81.1 Å². The van der Waals surface area contributed by atoms with Crippen LogP contribution in [0.1, 0.15) is 6.92 Å². The standard InChI is InChI=1S/C15H22N6O/c1-11(17-9-8-16-3)19-20-14-10-13(18-12(2)22)6-7-15(14)21(4)5/h6-10,19-20H,1H2,2-5H3,(H,18,22). The van der Waals surface area contributed by atoms with Crippen molar-refractivity contribution in [1.29, 1.82) is 0 Å². The molecule has 0 fully saturated rings. The van der Waals surface area contributed by atoms with Gasteiger partial charge in [0.1, 0.15) is 5.82 Å². The van der Waals surface area contributed by atoms with Crippen LogP contribution >= 0.6 is 0 Å². The summed E-state index contributed by atoms with van der Waals surface area (Å²) in [6, 6.07) is 5.58. The zero-order valence-corrected chi connectivity index (χ0v) is 13.3. The molecule has 0 saturated carbocycles. The molecule has 0 heterocycles. The number of hydrogen-bond donors (Lipinski definition) is 3. The fourth-order valence-corrected chi connectivity index (χ4v) is 1.67. The number of carbonyl (C=O) groups excluding carboxylic acids is 1. The van der Waals surface area contributed by atoms with E-state index in [4.69, 9.17) is 0 Å². The molecule has 0 aliphatic heterocycles. The molecule has 0 aliphatic rings. The summed E-state index contributed by atoms with van der Waals surface area (Å²) in [4.78, 5) is 20.9. The lowest BCUT2D eigenvalue weighted by molar-refractivity contribution is -0.114. The van der Waals surface area contributed by atoms with Crippen LogP contribution in [0, 0.1) is 0 Å². The van der Waals surface area contributed by atoms with Gasteiger partial charge in [0, 0.05) is 46.2 Å². The molecule has 3 N–H and O–H groups in total. The maximum Gasteiger partial charge on any atom is 0.221 e. The minimum absolute atomic E-state index is 0.121. The first-order valence-electron chi connectivity index (χ1n) is 6.68. The van der Waals surface area contributed by atoms with Crippen molar-refractivity contribution >= 4 is 35.4 Å². The van der Waals surface area contributed by atoms with Gasteiger partial charge in [0.2, 0.25) is 5.91 Å². The molecule has 1 aromatic rings. The number of aliphatic imine (C=N–C) groups is 2. The third kappa shape index (κ3) is 5.66. The molecule has 1 rings (SSSR count). The Morgan fingerprint density at radius 1 is 1.32 bits per heavy atom. The van der Waals surface area contributed by atoms with Crippen molar-refractivity contribution in [2.75, 3.05) is 36.8 Å². The zero-order chi connectivity index (χ0) is 16.5. The molecule has 118 valence electrons. The maximum atomic E-state index is 11.2. The van der Waals surface area contributed by atoms with Gasteiger partial charge in [-0.05, 0) is 18.2 Å². The van der Waals surface area contributed by atoms with Crippen molar-refractivity contribution < 1.29 is 4.79 Å². The smallest absolute Gasteiger partial charge is 0.221 e.